The lowest BCUT2D eigenvalue weighted by Crippen LogP contribution is -2.13. The molecular formula is C10H14N2S. The van der Waals surface area contributed by atoms with E-state index in [4.69, 9.17) is 18.0 Å². The molecule has 0 radical (unpaired) electrons. The Balaban J connectivity index is 3.10. The van der Waals surface area contributed by atoms with Crippen LogP contribution in [0.15, 0.2) is 18.2 Å². The molecule has 0 saturated heterocycles. The largest absolute Gasteiger partial charge is 0.389 e. The summed E-state index contributed by atoms with van der Waals surface area (Å²) in [5.41, 5.74) is 8.72. The summed E-state index contributed by atoms with van der Waals surface area (Å²) in [6.07, 6.45) is 0. The second-order valence-electron chi connectivity index (χ2n) is 2.94. The molecule has 1 aromatic rings. The minimum Gasteiger partial charge on any atom is -0.389 e. The van der Waals surface area contributed by atoms with Gasteiger partial charge in [-0.05, 0) is 26.0 Å². The topological polar surface area (TPSA) is 38.0 Å². The van der Waals surface area contributed by atoms with E-state index >= 15 is 0 Å². The second-order valence-corrected chi connectivity index (χ2v) is 3.38. The Morgan fingerprint density at radius 2 is 2.23 bits per heavy atom. The van der Waals surface area contributed by atoms with Crippen LogP contribution in [-0.4, -0.2) is 11.5 Å². The summed E-state index contributed by atoms with van der Waals surface area (Å²) in [6, 6.07) is 6.05. The van der Waals surface area contributed by atoms with Crippen LogP contribution in [0.5, 0.6) is 0 Å². The Bertz CT molecular complexity index is 321. The first-order valence-electron chi connectivity index (χ1n) is 4.29. The second kappa shape index (κ2) is 4.23. The van der Waals surface area contributed by atoms with E-state index in [1.807, 2.05) is 32.0 Å². The molecule has 0 aliphatic carbocycles. The van der Waals surface area contributed by atoms with Gasteiger partial charge in [0.05, 0.1) is 0 Å². The number of anilines is 1. The molecule has 0 fully saturated rings. The van der Waals surface area contributed by atoms with Crippen molar-refractivity contribution < 1.29 is 0 Å². The van der Waals surface area contributed by atoms with E-state index in [0.717, 1.165) is 17.8 Å². The van der Waals surface area contributed by atoms with Gasteiger partial charge in [0, 0.05) is 17.8 Å². The zero-order chi connectivity index (χ0) is 9.84. The van der Waals surface area contributed by atoms with Crippen molar-refractivity contribution in [3.8, 4) is 0 Å². The fourth-order valence-corrected chi connectivity index (χ4v) is 1.38. The van der Waals surface area contributed by atoms with Gasteiger partial charge >= 0.3 is 0 Å². The van der Waals surface area contributed by atoms with Gasteiger partial charge in [-0.1, -0.05) is 23.8 Å². The molecule has 3 N–H and O–H groups in total. The molecule has 0 aromatic heterocycles. The van der Waals surface area contributed by atoms with Crippen molar-refractivity contribution in [3.63, 3.8) is 0 Å². The monoisotopic (exact) mass is 194 g/mol. The van der Waals surface area contributed by atoms with Crippen LogP contribution in [0, 0.1) is 6.92 Å². The Kier molecular flexibility index (Phi) is 3.25. The minimum absolute atomic E-state index is 0.444. The molecule has 13 heavy (non-hydrogen) atoms. The van der Waals surface area contributed by atoms with Crippen molar-refractivity contribution in [3.05, 3.63) is 29.3 Å². The van der Waals surface area contributed by atoms with Gasteiger partial charge in [-0.2, -0.15) is 0 Å². The predicted octanol–water partition coefficient (Wildman–Crippen LogP) is 2.06. The molecule has 1 rings (SSSR count). The number of hydrogen-bond acceptors (Lipinski definition) is 2. The molecule has 0 amide bonds. The van der Waals surface area contributed by atoms with Crippen LogP contribution in [0.25, 0.3) is 0 Å². The quantitative estimate of drug-likeness (QED) is 0.723. The SMILES string of the molecule is CCNc1ccc(C)cc1C(N)=S. The van der Waals surface area contributed by atoms with Gasteiger partial charge in [0.15, 0.2) is 0 Å². The molecule has 0 saturated carbocycles. The summed E-state index contributed by atoms with van der Waals surface area (Å²) < 4.78 is 0. The van der Waals surface area contributed by atoms with E-state index in [2.05, 4.69) is 5.32 Å². The average Bonchev–Trinajstić information content (AvgIpc) is 2.08. The number of hydrogen-bond donors (Lipinski definition) is 2. The Morgan fingerprint density at radius 3 is 2.77 bits per heavy atom. The van der Waals surface area contributed by atoms with E-state index in [1.54, 1.807) is 0 Å². The third-order valence-corrected chi connectivity index (χ3v) is 2.03. The maximum absolute atomic E-state index is 5.61. The zero-order valence-corrected chi connectivity index (χ0v) is 8.74. The van der Waals surface area contributed by atoms with Crippen molar-refractivity contribution in [2.45, 2.75) is 13.8 Å². The Hall–Kier alpha value is -1.09. The minimum atomic E-state index is 0.444. The first-order chi connectivity index (χ1) is 6.15. The van der Waals surface area contributed by atoms with Crippen LogP contribution >= 0.6 is 12.2 Å². The molecule has 0 unspecified atom stereocenters. The van der Waals surface area contributed by atoms with E-state index in [1.165, 1.54) is 5.56 Å². The molecule has 0 spiro atoms. The standard InChI is InChI=1S/C10H14N2S/c1-3-12-9-5-4-7(2)6-8(9)10(11)13/h4-6,12H,3H2,1-2H3,(H2,11,13). The first-order valence-corrected chi connectivity index (χ1v) is 4.70. The highest BCUT2D eigenvalue weighted by Crippen LogP contribution is 2.16. The van der Waals surface area contributed by atoms with Crippen LogP contribution in [0.4, 0.5) is 5.69 Å². The fourth-order valence-electron chi connectivity index (χ4n) is 1.21. The average molecular weight is 194 g/mol. The van der Waals surface area contributed by atoms with Crippen LogP contribution < -0.4 is 11.1 Å². The number of benzene rings is 1. The van der Waals surface area contributed by atoms with Crippen LogP contribution in [0.2, 0.25) is 0 Å². The first kappa shape index (κ1) is 9.99. The molecule has 0 bridgehead atoms. The molecular weight excluding hydrogens is 180 g/mol. The van der Waals surface area contributed by atoms with Gasteiger partial charge < -0.3 is 11.1 Å². The molecule has 3 heteroatoms. The van der Waals surface area contributed by atoms with Crippen molar-refractivity contribution in [1.29, 1.82) is 0 Å². The van der Waals surface area contributed by atoms with Gasteiger partial charge in [-0.15, -0.1) is 0 Å². The summed E-state index contributed by atoms with van der Waals surface area (Å²) in [6.45, 7) is 4.94. The molecule has 0 aliphatic heterocycles. The lowest BCUT2D eigenvalue weighted by molar-refractivity contribution is 1.21. The summed E-state index contributed by atoms with van der Waals surface area (Å²) in [7, 11) is 0. The summed E-state index contributed by atoms with van der Waals surface area (Å²) >= 11 is 4.96. The van der Waals surface area contributed by atoms with Crippen LogP contribution in [-0.2, 0) is 0 Å². The van der Waals surface area contributed by atoms with Gasteiger partial charge in [0.25, 0.3) is 0 Å². The number of nitrogens with two attached hydrogens (primary N) is 1. The normalized spacial score (nSPS) is 9.69. The maximum atomic E-state index is 5.61. The summed E-state index contributed by atoms with van der Waals surface area (Å²) in [4.78, 5) is 0.444. The Labute approximate surface area is 84.1 Å². The molecule has 0 atom stereocenters. The van der Waals surface area contributed by atoms with Crippen molar-refractivity contribution >= 4 is 22.9 Å². The third kappa shape index (κ3) is 2.42. The van der Waals surface area contributed by atoms with Gasteiger partial charge in [-0.25, -0.2) is 0 Å². The predicted molar refractivity (Wildman–Crippen MR) is 61.2 cm³/mol. The fraction of sp³-hybridized carbons (Fsp3) is 0.300. The highest BCUT2D eigenvalue weighted by molar-refractivity contribution is 7.80. The smallest absolute Gasteiger partial charge is 0.106 e. The van der Waals surface area contributed by atoms with Crippen molar-refractivity contribution in [1.82, 2.24) is 0 Å². The highest BCUT2D eigenvalue weighted by Gasteiger charge is 2.03. The number of thiocarbonyl (C=S) groups is 1. The van der Waals surface area contributed by atoms with Crippen molar-refractivity contribution in [2.24, 2.45) is 5.73 Å². The molecule has 0 aliphatic rings. The summed E-state index contributed by atoms with van der Waals surface area (Å²) in [5.74, 6) is 0. The number of rotatable bonds is 3. The molecule has 0 heterocycles. The van der Waals surface area contributed by atoms with E-state index in [-0.39, 0.29) is 0 Å². The van der Waals surface area contributed by atoms with Crippen LogP contribution in [0.3, 0.4) is 0 Å². The summed E-state index contributed by atoms with van der Waals surface area (Å²) in [5, 5.41) is 3.22. The molecule has 2 nitrogen and oxygen atoms in total. The van der Waals surface area contributed by atoms with Gasteiger partial charge in [-0.3, -0.25) is 0 Å². The number of nitrogens with one attached hydrogen (secondary N) is 1. The van der Waals surface area contributed by atoms with E-state index in [9.17, 15) is 0 Å². The van der Waals surface area contributed by atoms with Gasteiger partial charge in [0.1, 0.15) is 4.99 Å². The highest BCUT2D eigenvalue weighted by atomic mass is 32.1. The zero-order valence-electron chi connectivity index (χ0n) is 7.92. The lowest BCUT2D eigenvalue weighted by atomic mass is 10.1. The number of aryl methyl sites for hydroxylation is 1. The maximum Gasteiger partial charge on any atom is 0.106 e. The van der Waals surface area contributed by atoms with Crippen LogP contribution in [0.1, 0.15) is 18.1 Å². The lowest BCUT2D eigenvalue weighted by Gasteiger charge is -2.09. The van der Waals surface area contributed by atoms with E-state index in [0.29, 0.717) is 4.99 Å². The van der Waals surface area contributed by atoms with Crippen molar-refractivity contribution in [2.75, 3.05) is 11.9 Å². The third-order valence-electron chi connectivity index (χ3n) is 1.81. The van der Waals surface area contributed by atoms with Gasteiger partial charge in [0.2, 0.25) is 0 Å². The van der Waals surface area contributed by atoms with E-state index < -0.39 is 0 Å². The molecule has 1 aromatic carbocycles. The Morgan fingerprint density at radius 1 is 1.54 bits per heavy atom. The molecule has 70 valence electrons.